The maximum Gasteiger partial charge on any atom is 0.137 e. The molecule has 2 aromatic heterocycles. The van der Waals surface area contributed by atoms with Gasteiger partial charge < -0.3 is 9.51 Å². The van der Waals surface area contributed by atoms with E-state index in [9.17, 15) is 0 Å². The second-order valence-electron chi connectivity index (χ2n) is 2.84. The van der Waals surface area contributed by atoms with Gasteiger partial charge >= 0.3 is 0 Å². The normalized spacial score (nSPS) is 10.8. The number of aromatic nitrogens is 2. The number of hydrogen-bond donors (Lipinski definition) is 1. The predicted molar refractivity (Wildman–Crippen MR) is 45.9 cm³/mol. The molecule has 0 saturated carbocycles. The summed E-state index contributed by atoms with van der Waals surface area (Å²) < 4.78 is 1.88. The molecule has 0 aliphatic heterocycles. The maximum atomic E-state index is 8.93. The van der Waals surface area contributed by atoms with Crippen molar-refractivity contribution in [3.8, 4) is 0 Å². The summed E-state index contributed by atoms with van der Waals surface area (Å²) in [6.07, 6.45) is 3.61. The molecule has 2 heterocycles. The molecular weight excluding hydrogens is 152 g/mol. The van der Waals surface area contributed by atoms with Crippen molar-refractivity contribution in [2.45, 2.75) is 13.5 Å². The quantitative estimate of drug-likeness (QED) is 0.682. The van der Waals surface area contributed by atoms with Gasteiger partial charge in [-0.3, -0.25) is 0 Å². The van der Waals surface area contributed by atoms with Crippen LogP contribution in [0.4, 0.5) is 0 Å². The molecule has 3 nitrogen and oxygen atoms in total. The Bertz CT molecular complexity index is 406. The Hall–Kier alpha value is -1.35. The van der Waals surface area contributed by atoms with Gasteiger partial charge in [0, 0.05) is 6.20 Å². The Kier molecular flexibility index (Phi) is 1.59. The lowest BCUT2D eigenvalue weighted by molar-refractivity contribution is 0.276. The highest BCUT2D eigenvalue weighted by Crippen LogP contribution is 2.08. The van der Waals surface area contributed by atoms with Gasteiger partial charge in [-0.15, -0.1) is 0 Å². The summed E-state index contributed by atoms with van der Waals surface area (Å²) in [5.41, 5.74) is 2.89. The second kappa shape index (κ2) is 2.60. The maximum absolute atomic E-state index is 8.93. The zero-order valence-electron chi connectivity index (χ0n) is 6.86. The van der Waals surface area contributed by atoms with E-state index in [-0.39, 0.29) is 6.61 Å². The van der Waals surface area contributed by atoms with Gasteiger partial charge in [-0.2, -0.15) is 0 Å². The van der Waals surface area contributed by atoms with Gasteiger partial charge in [-0.25, -0.2) is 4.98 Å². The minimum Gasteiger partial charge on any atom is -0.390 e. The van der Waals surface area contributed by atoms with Gasteiger partial charge in [0.15, 0.2) is 0 Å². The first-order valence-corrected chi connectivity index (χ1v) is 3.85. The smallest absolute Gasteiger partial charge is 0.137 e. The van der Waals surface area contributed by atoms with Crippen molar-refractivity contribution in [1.82, 2.24) is 9.38 Å². The SMILES string of the molecule is Cc1ccn2c(CO)cnc2c1. The summed E-state index contributed by atoms with van der Waals surface area (Å²) >= 11 is 0. The number of aryl methyl sites for hydroxylation is 1. The highest BCUT2D eigenvalue weighted by Gasteiger charge is 2.00. The van der Waals surface area contributed by atoms with Crippen LogP contribution >= 0.6 is 0 Å². The summed E-state index contributed by atoms with van der Waals surface area (Å²) in [4.78, 5) is 4.15. The lowest BCUT2D eigenvalue weighted by Crippen LogP contribution is -1.91. The van der Waals surface area contributed by atoms with E-state index in [1.807, 2.05) is 29.7 Å². The van der Waals surface area contributed by atoms with Gasteiger partial charge in [0.1, 0.15) is 5.65 Å². The van der Waals surface area contributed by atoms with Crippen LogP contribution in [0.3, 0.4) is 0 Å². The molecule has 0 spiro atoms. The summed E-state index contributed by atoms with van der Waals surface area (Å²) in [5.74, 6) is 0. The average Bonchev–Trinajstić information content (AvgIpc) is 2.46. The van der Waals surface area contributed by atoms with Crippen molar-refractivity contribution in [2.75, 3.05) is 0 Å². The van der Waals surface area contributed by atoms with Gasteiger partial charge in [-0.05, 0) is 24.6 Å². The Morgan fingerprint density at radius 2 is 2.42 bits per heavy atom. The molecule has 3 heteroatoms. The number of fused-ring (bicyclic) bond motifs is 1. The van der Waals surface area contributed by atoms with Crippen LogP contribution in [-0.2, 0) is 6.61 Å². The molecule has 0 aliphatic rings. The lowest BCUT2D eigenvalue weighted by Gasteiger charge is -1.97. The molecule has 0 radical (unpaired) electrons. The Labute approximate surface area is 70.3 Å². The van der Waals surface area contributed by atoms with Crippen LogP contribution in [0.2, 0.25) is 0 Å². The van der Waals surface area contributed by atoms with Crippen LogP contribution in [0.25, 0.3) is 5.65 Å². The number of hydrogen-bond acceptors (Lipinski definition) is 2. The molecule has 62 valence electrons. The molecule has 0 aliphatic carbocycles. The number of aliphatic hydroxyl groups is 1. The van der Waals surface area contributed by atoms with Crippen molar-refractivity contribution in [3.05, 3.63) is 35.8 Å². The first-order chi connectivity index (χ1) is 5.81. The fraction of sp³-hybridized carbons (Fsp3) is 0.222. The highest BCUT2D eigenvalue weighted by atomic mass is 16.3. The fourth-order valence-electron chi connectivity index (χ4n) is 1.25. The highest BCUT2D eigenvalue weighted by molar-refractivity contribution is 5.42. The predicted octanol–water partition coefficient (Wildman–Crippen LogP) is 1.14. The van der Waals surface area contributed by atoms with E-state index in [1.165, 1.54) is 5.56 Å². The van der Waals surface area contributed by atoms with Crippen molar-refractivity contribution in [2.24, 2.45) is 0 Å². The van der Waals surface area contributed by atoms with Crippen LogP contribution in [0.1, 0.15) is 11.3 Å². The largest absolute Gasteiger partial charge is 0.390 e. The van der Waals surface area contributed by atoms with Crippen molar-refractivity contribution >= 4 is 5.65 Å². The molecule has 0 bridgehead atoms. The van der Waals surface area contributed by atoms with E-state index in [1.54, 1.807) is 6.20 Å². The Morgan fingerprint density at radius 1 is 1.58 bits per heavy atom. The third kappa shape index (κ3) is 0.987. The number of pyridine rings is 1. The van der Waals surface area contributed by atoms with Gasteiger partial charge in [0.2, 0.25) is 0 Å². The summed E-state index contributed by atoms with van der Waals surface area (Å²) in [5, 5.41) is 8.93. The van der Waals surface area contributed by atoms with E-state index in [4.69, 9.17) is 5.11 Å². The molecule has 0 saturated heterocycles. The minimum atomic E-state index is 0.0320. The molecule has 12 heavy (non-hydrogen) atoms. The van der Waals surface area contributed by atoms with Gasteiger partial charge in [0.25, 0.3) is 0 Å². The van der Waals surface area contributed by atoms with Gasteiger partial charge in [0.05, 0.1) is 18.5 Å². The second-order valence-corrected chi connectivity index (χ2v) is 2.84. The summed E-state index contributed by atoms with van der Waals surface area (Å²) in [6, 6.07) is 3.98. The first-order valence-electron chi connectivity index (χ1n) is 3.85. The van der Waals surface area contributed by atoms with Crippen molar-refractivity contribution < 1.29 is 5.11 Å². The van der Waals surface area contributed by atoms with E-state index in [0.29, 0.717) is 0 Å². The standard InChI is InChI=1S/C9H10N2O/c1-7-2-3-11-8(6-12)5-10-9(11)4-7/h2-5,12H,6H2,1H3. The van der Waals surface area contributed by atoms with Crippen molar-refractivity contribution in [3.63, 3.8) is 0 Å². The van der Waals surface area contributed by atoms with E-state index < -0.39 is 0 Å². The molecule has 0 atom stereocenters. The molecule has 2 rings (SSSR count). The van der Waals surface area contributed by atoms with E-state index >= 15 is 0 Å². The topological polar surface area (TPSA) is 37.5 Å². The molecular formula is C9H10N2O. The third-order valence-corrected chi connectivity index (χ3v) is 1.91. The monoisotopic (exact) mass is 162 g/mol. The number of nitrogens with zero attached hydrogens (tertiary/aromatic N) is 2. The number of rotatable bonds is 1. The van der Waals surface area contributed by atoms with E-state index in [0.717, 1.165) is 11.3 Å². The minimum absolute atomic E-state index is 0.0320. The fourth-order valence-corrected chi connectivity index (χ4v) is 1.25. The molecule has 0 fully saturated rings. The number of aliphatic hydroxyl groups excluding tert-OH is 1. The van der Waals surface area contributed by atoms with Crippen LogP contribution in [0, 0.1) is 6.92 Å². The van der Waals surface area contributed by atoms with Crippen LogP contribution < -0.4 is 0 Å². The zero-order valence-corrected chi connectivity index (χ0v) is 6.86. The summed E-state index contributed by atoms with van der Waals surface area (Å²) in [6.45, 7) is 2.05. The van der Waals surface area contributed by atoms with Crippen LogP contribution in [-0.4, -0.2) is 14.5 Å². The average molecular weight is 162 g/mol. The van der Waals surface area contributed by atoms with E-state index in [2.05, 4.69) is 4.98 Å². The van der Waals surface area contributed by atoms with Crippen LogP contribution in [0.5, 0.6) is 0 Å². The Morgan fingerprint density at radius 3 is 3.17 bits per heavy atom. The number of imidazole rings is 1. The van der Waals surface area contributed by atoms with Gasteiger partial charge in [-0.1, -0.05) is 0 Å². The third-order valence-electron chi connectivity index (χ3n) is 1.91. The molecule has 2 aromatic rings. The zero-order chi connectivity index (χ0) is 8.55. The summed E-state index contributed by atoms with van der Waals surface area (Å²) in [7, 11) is 0. The first kappa shape index (κ1) is 7.31. The molecule has 0 amide bonds. The Balaban J connectivity index is 2.73. The molecule has 0 unspecified atom stereocenters. The van der Waals surface area contributed by atoms with Crippen molar-refractivity contribution in [1.29, 1.82) is 0 Å². The lowest BCUT2D eigenvalue weighted by atomic mass is 10.3. The molecule has 1 N–H and O–H groups in total. The van der Waals surface area contributed by atoms with Crippen LogP contribution in [0.15, 0.2) is 24.5 Å². The molecule has 0 aromatic carbocycles.